The van der Waals surface area contributed by atoms with Crippen LogP contribution in [0.2, 0.25) is 5.02 Å². The highest BCUT2D eigenvalue weighted by molar-refractivity contribution is 6.30. The van der Waals surface area contributed by atoms with Crippen molar-refractivity contribution in [2.45, 2.75) is 31.9 Å². The number of nitrogens with zero attached hydrogens (tertiary/aromatic N) is 2. The Labute approximate surface area is 170 Å². The van der Waals surface area contributed by atoms with Gasteiger partial charge in [0.15, 0.2) is 0 Å². The Morgan fingerprint density at radius 3 is 2.55 bits per heavy atom. The van der Waals surface area contributed by atoms with E-state index in [1.807, 2.05) is 0 Å². The third kappa shape index (κ3) is 4.10. The fourth-order valence-electron chi connectivity index (χ4n) is 3.61. The van der Waals surface area contributed by atoms with Gasteiger partial charge in [-0.15, -0.1) is 0 Å². The van der Waals surface area contributed by atoms with Gasteiger partial charge in [-0.1, -0.05) is 23.7 Å². The van der Waals surface area contributed by atoms with Crippen LogP contribution in [0.5, 0.6) is 0 Å². The predicted molar refractivity (Wildman–Crippen MR) is 104 cm³/mol. The second-order valence-electron chi connectivity index (χ2n) is 7.03. The zero-order valence-electron chi connectivity index (χ0n) is 15.4. The number of nitrogens with one attached hydrogen (secondary N) is 1. The van der Waals surface area contributed by atoms with Crippen LogP contribution in [-0.4, -0.2) is 16.3 Å². The lowest BCUT2D eigenvalue weighted by atomic mass is 10.0. The Kier molecular flexibility index (Phi) is 5.25. The van der Waals surface area contributed by atoms with Crippen molar-refractivity contribution < 1.29 is 17.6 Å². The molecule has 0 fully saturated rings. The van der Waals surface area contributed by atoms with Crippen LogP contribution in [0.15, 0.2) is 42.5 Å². The third-order valence-corrected chi connectivity index (χ3v) is 5.22. The fourth-order valence-corrected chi connectivity index (χ4v) is 3.78. The van der Waals surface area contributed by atoms with E-state index in [2.05, 4.69) is 10.4 Å². The molecule has 0 saturated heterocycles. The van der Waals surface area contributed by atoms with Crippen LogP contribution < -0.4 is 5.32 Å². The summed E-state index contributed by atoms with van der Waals surface area (Å²) in [6, 6.07) is 9.74. The molecule has 1 aromatic heterocycles. The van der Waals surface area contributed by atoms with E-state index in [9.17, 15) is 17.6 Å². The van der Waals surface area contributed by atoms with Gasteiger partial charge in [0.25, 0.3) is 0 Å². The van der Waals surface area contributed by atoms with Crippen molar-refractivity contribution >= 4 is 17.4 Å². The van der Waals surface area contributed by atoms with Crippen LogP contribution in [0.4, 0.5) is 23.4 Å². The average Bonchev–Trinajstić information content (AvgIpc) is 2.84. The van der Waals surface area contributed by atoms with Gasteiger partial charge in [0.1, 0.15) is 11.6 Å². The Balaban J connectivity index is 1.85. The lowest BCUT2D eigenvalue weighted by Crippen LogP contribution is -2.14. The van der Waals surface area contributed by atoms with Crippen LogP contribution in [0, 0.1) is 5.82 Å². The molecule has 0 spiro atoms. The molecule has 1 aliphatic heterocycles. The summed E-state index contributed by atoms with van der Waals surface area (Å²) in [5.41, 5.74) is 1.52. The van der Waals surface area contributed by atoms with Gasteiger partial charge in [-0.3, -0.25) is 0 Å². The van der Waals surface area contributed by atoms with Crippen LogP contribution in [0.25, 0.3) is 5.69 Å². The smallest absolute Gasteiger partial charge is 0.370 e. The molecule has 29 heavy (non-hydrogen) atoms. The maximum absolute atomic E-state index is 13.7. The topological polar surface area (TPSA) is 29.9 Å². The Bertz CT molecular complexity index is 1030. The van der Waals surface area contributed by atoms with Crippen LogP contribution in [0.3, 0.4) is 0 Å². The first kappa shape index (κ1) is 19.8. The van der Waals surface area contributed by atoms with E-state index in [1.54, 1.807) is 12.1 Å². The number of aromatic nitrogens is 2. The maximum atomic E-state index is 13.7. The number of alkyl halides is 3. The first-order valence-electron chi connectivity index (χ1n) is 9.29. The lowest BCUT2D eigenvalue weighted by Gasteiger charge is -2.16. The number of halogens is 5. The quantitative estimate of drug-likeness (QED) is 0.522. The molecule has 152 valence electrons. The van der Waals surface area contributed by atoms with Crippen LogP contribution in [-0.2, 0) is 19.0 Å². The fraction of sp³-hybridized carbons (Fsp3) is 0.286. The van der Waals surface area contributed by atoms with E-state index in [0.29, 0.717) is 30.9 Å². The summed E-state index contributed by atoms with van der Waals surface area (Å²) in [4.78, 5) is 0. The van der Waals surface area contributed by atoms with Crippen molar-refractivity contribution in [2.24, 2.45) is 0 Å². The van der Waals surface area contributed by atoms with E-state index in [-0.39, 0.29) is 16.5 Å². The Morgan fingerprint density at radius 2 is 1.83 bits per heavy atom. The molecule has 0 atom stereocenters. The molecular weight excluding hydrogens is 406 g/mol. The van der Waals surface area contributed by atoms with Crippen LogP contribution in [0.1, 0.15) is 35.2 Å². The molecule has 0 radical (unpaired) electrons. The van der Waals surface area contributed by atoms with Gasteiger partial charge < -0.3 is 5.32 Å². The van der Waals surface area contributed by atoms with Gasteiger partial charge in [0.05, 0.1) is 16.9 Å². The zero-order chi connectivity index (χ0) is 20.6. The standard InChI is InChI=1S/C21H18ClF4N3/c22-14-6-9-19(17(12-14)21(24,25)26)29-20-16(3-1-2-10-27-20)18(28-29)11-13-4-7-15(23)8-5-13/h4-9,12,27H,1-3,10-11H2. The van der Waals surface area contributed by atoms with Crippen molar-refractivity contribution in [1.29, 1.82) is 0 Å². The SMILES string of the molecule is Fc1ccc(Cc2nn(-c3ccc(Cl)cc3C(F)(F)F)c3c2CCCCN3)cc1. The van der Waals surface area contributed by atoms with Crippen molar-refractivity contribution in [3.8, 4) is 5.69 Å². The van der Waals surface area contributed by atoms with Crippen molar-refractivity contribution in [3.05, 3.63) is 75.7 Å². The molecule has 0 bridgehead atoms. The summed E-state index contributed by atoms with van der Waals surface area (Å²) in [6.45, 7) is 0.656. The summed E-state index contributed by atoms with van der Waals surface area (Å²) in [5, 5.41) is 7.80. The highest BCUT2D eigenvalue weighted by Crippen LogP contribution is 2.38. The molecule has 4 rings (SSSR count). The minimum atomic E-state index is -4.57. The number of anilines is 1. The van der Waals surface area contributed by atoms with Gasteiger partial charge in [-0.05, 0) is 55.2 Å². The van der Waals surface area contributed by atoms with Crippen molar-refractivity contribution in [1.82, 2.24) is 9.78 Å². The summed E-state index contributed by atoms with van der Waals surface area (Å²) in [7, 11) is 0. The summed E-state index contributed by atoms with van der Waals surface area (Å²) in [5.74, 6) is 0.239. The summed E-state index contributed by atoms with van der Waals surface area (Å²) >= 11 is 5.83. The molecule has 2 aromatic carbocycles. The first-order chi connectivity index (χ1) is 13.8. The van der Waals surface area contributed by atoms with Gasteiger partial charge in [-0.2, -0.15) is 18.3 Å². The summed E-state index contributed by atoms with van der Waals surface area (Å²) in [6.07, 6.45) is -1.62. The second kappa shape index (κ2) is 7.71. The number of hydrogen-bond donors (Lipinski definition) is 1. The van der Waals surface area contributed by atoms with Gasteiger partial charge in [0, 0.05) is 23.6 Å². The Morgan fingerprint density at radius 1 is 1.07 bits per heavy atom. The van der Waals surface area contributed by atoms with Gasteiger partial charge >= 0.3 is 6.18 Å². The van der Waals surface area contributed by atoms with E-state index in [1.165, 1.54) is 28.9 Å². The Hall–Kier alpha value is -2.54. The second-order valence-corrected chi connectivity index (χ2v) is 7.47. The van der Waals surface area contributed by atoms with Crippen LogP contribution >= 0.6 is 11.6 Å². The predicted octanol–water partition coefficient (Wildman–Crippen LogP) is 6.02. The minimum absolute atomic E-state index is 0.0128. The molecular formula is C21H18ClF4N3. The van der Waals surface area contributed by atoms with Gasteiger partial charge in [0.2, 0.25) is 0 Å². The molecule has 0 aliphatic carbocycles. The summed E-state index contributed by atoms with van der Waals surface area (Å²) < 4.78 is 55.5. The van der Waals surface area contributed by atoms with Crippen molar-refractivity contribution in [2.75, 3.05) is 11.9 Å². The van der Waals surface area contributed by atoms with E-state index in [0.717, 1.165) is 30.0 Å². The number of benzene rings is 2. The monoisotopic (exact) mass is 423 g/mol. The van der Waals surface area contributed by atoms with E-state index >= 15 is 0 Å². The molecule has 3 nitrogen and oxygen atoms in total. The minimum Gasteiger partial charge on any atom is -0.370 e. The number of fused-ring (bicyclic) bond motifs is 1. The average molecular weight is 424 g/mol. The number of rotatable bonds is 3. The molecule has 0 unspecified atom stereocenters. The maximum Gasteiger partial charge on any atom is 0.418 e. The molecule has 8 heteroatoms. The largest absolute Gasteiger partial charge is 0.418 e. The molecule has 1 N–H and O–H groups in total. The van der Waals surface area contributed by atoms with Crippen molar-refractivity contribution in [3.63, 3.8) is 0 Å². The first-order valence-corrected chi connectivity index (χ1v) is 9.67. The number of hydrogen-bond acceptors (Lipinski definition) is 2. The van der Waals surface area contributed by atoms with E-state index in [4.69, 9.17) is 11.6 Å². The van der Waals surface area contributed by atoms with Gasteiger partial charge in [-0.25, -0.2) is 9.07 Å². The normalized spacial score (nSPS) is 14.2. The highest BCUT2D eigenvalue weighted by Gasteiger charge is 2.35. The molecule has 2 heterocycles. The molecule has 3 aromatic rings. The highest BCUT2D eigenvalue weighted by atomic mass is 35.5. The zero-order valence-corrected chi connectivity index (χ0v) is 16.1. The van der Waals surface area contributed by atoms with E-state index < -0.39 is 11.7 Å². The lowest BCUT2D eigenvalue weighted by molar-refractivity contribution is -0.137. The molecule has 1 aliphatic rings. The molecule has 0 amide bonds. The third-order valence-electron chi connectivity index (χ3n) is 4.99. The molecule has 0 saturated carbocycles.